The summed E-state index contributed by atoms with van der Waals surface area (Å²) in [6, 6.07) is 10.7. The van der Waals surface area contributed by atoms with Crippen LogP contribution in [0.25, 0.3) is 0 Å². The predicted octanol–water partition coefficient (Wildman–Crippen LogP) is 4.06. The van der Waals surface area contributed by atoms with Crippen molar-refractivity contribution in [3.05, 3.63) is 59.7 Å². The van der Waals surface area contributed by atoms with Gasteiger partial charge in [0.1, 0.15) is 11.6 Å². The second kappa shape index (κ2) is 9.08. The van der Waals surface area contributed by atoms with Crippen molar-refractivity contribution < 1.29 is 23.0 Å². The van der Waals surface area contributed by atoms with Crippen molar-refractivity contribution in [1.82, 2.24) is 4.90 Å². The SMILES string of the molecule is COc1ccccc1OCC(=O)N1CCS[C@@H](c2cc(F)ccc2F)CC1. The number of para-hydroxylation sites is 2. The second-order valence-corrected chi connectivity index (χ2v) is 7.44. The molecule has 0 radical (unpaired) electrons. The van der Waals surface area contributed by atoms with Gasteiger partial charge in [0.15, 0.2) is 18.1 Å². The molecule has 144 valence electrons. The Balaban J connectivity index is 1.59. The van der Waals surface area contributed by atoms with E-state index in [1.165, 1.54) is 6.07 Å². The Morgan fingerprint density at radius 1 is 1.19 bits per heavy atom. The Morgan fingerprint density at radius 3 is 2.74 bits per heavy atom. The lowest BCUT2D eigenvalue weighted by atomic mass is 10.1. The molecular formula is C20H21F2NO3S. The Bertz CT molecular complexity index is 803. The molecule has 0 aliphatic carbocycles. The molecule has 4 nitrogen and oxygen atoms in total. The van der Waals surface area contributed by atoms with E-state index in [9.17, 15) is 13.6 Å². The number of thioether (sulfide) groups is 1. The van der Waals surface area contributed by atoms with Gasteiger partial charge in [-0.05, 0) is 36.8 Å². The van der Waals surface area contributed by atoms with Crippen molar-refractivity contribution >= 4 is 17.7 Å². The number of methoxy groups -OCH3 is 1. The van der Waals surface area contributed by atoms with Crippen molar-refractivity contribution in [2.75, 3.05) is 32.6 Å². The van der Waals surface area contributed by atoms with Crippen LogP contribution in [0.2, 0.25) is 0 Å². The zero-order valence-electron chi connectivity index (χ0n) is 15.0. The number of rotatable bonds is 5. The number of ether oxygens (including phenoxy) is 2. The first kappa shape index (κ1) is 19.5. The summed E-state index contributed by atoms with van der Waals surface area (Å²) in [6.07, 6.45) is 0.561. The summed E-state index contributed by atoms with van der Waals surface area (Å²) in [5.74, 6) is 0.737. The molecule has 0 saturated carbocycles. The third kappa shape index (κ3) is 4.91. The fourth-order valence-electron chi connectivity index (χ4n) is 3.00. The van der Waals surface area contributed by atoms with Crippen LogP contribution in [-0.2, 0) is 4.79 Å². The molecule has 0 aromatic heterocycles. The van der Waals surface area contributed by atoms with Crippen molar-refractivity contribution in [3.8, 4) is 11.5 Å². The van der Waals surface area contributed by atoms with E-state index < -0.39 is 11.6 Å². The summed E-state index contributed by atoms with van der Waals surface area (Å²) in [6.45, 7) is 0.929. The normalized spacial score (nSPS) is 17.3. The van der Waals surface area contributed by atoms with E-state index in [4.69, 9.17) is 9.47 Å². The first-order valence-corrected chi connectivity index (χ1v) is 9.73. The van der Waals surface area contributed by atoms with Crippen molar-refractivity contribution in [3.63, 3.8) is 0 Å². The van der Waals surface area contributed by atoms with E-state index in [-0.39, 0.29) is 17.8 Å². The largest absolute Gasteiger partial charge is 0.493 e. The zero-order valence-corrected chi connectivity index (χ0v) is 15.8. The minimum Gasteiger partial charge on any atom is -0.493 e. The van der Waals surface area contributed by atoms with Crippen LogP contribution in [-0.4, -0.2) is 43.4 Å². The highest BCUT2D eigenvalue weighted by Gasteiger charge is 2.24. The first-order chi connectivity index (χ1) is 13.1. The van der Waals surface area contributed by atoms with Crippen LogP contribution in [0.1, 0.15) is 17.2 Å². The summed E-state index contributed by atoms with van der Waals surface area (Å²) in [5, 5.41) is -0.173. The maximum atomic E-state index is 14.0. The first-order valence-electron chi connectivity index (χ1n) is 8.68. The van der Waals surface area contributed by atoms with Crippen molar-refractivity contribution in [2.45, 2.75) is 11.7 Å². The molecule has 0 spiro atoms. The van der Waals surface area contributed by atoms with E-state index in [0.29, 0.717) is 42.3 Å². The van der Waals surface area contributed by atoms with Gasteiger partial charge in [-0.1, -0.05) is 12.1 Å². The van der Waals surface area contributed by atoms with Crippen LogP contribution in [0.5, 0.6) is 11.5 Å². The third-order valence-electron chi connectivity index (χ3n) is 4.42. The molecule has 1 fully saturated rings. The topological polar surface area (TPSA) is 38.8 Å². The highest BCUT2D eigenvalue weighted by Crippen LogP contribution is 2.36. The maximum absolute atomic E-state index is 14.0. The average Bonchev–Trinajstić information content (AvgIpc) is 2.94. The summed E-state index contributed by atoms with van der Waals surface area (Å²) in [7, 11) is 1.54. The summed E-state index contributed by atoms with van der Waals surface area (Å²) < 4.78 is 38.3. The lowest BCUT2D eigenvalue weighted by Gasteiger charge is -2.21. The van der Waals surface area contributed by atoms with Crippen LogP contribution in [0, 0.1) is 11.6 Å². The van der Waals surface area contributed by atoms with Gasteiger partial charge in [0.25, 0.3) is 5.91 Å². The smallest absolute Gasteiger partial charge is 0.260 e. The van der Waals surface area contributed by atoms with Gasteiger partial charge in [-0.2, -0.15) is 11.8 Å². The quantitative estimate of drug-likeness (QED) is 0.768. The summed E-state index contributed by atoms with van der Waals surface area (Å²) in [4.78, 5) is 14.2. The number of hydrogen-bond donors (Lipinski definition) is 0. The van der Waals surface area contributed by atoms with Gasteiger partial charge in [0.2, 0.25) is 0 Å². The highest BCUT2D eigenvalue weighted by atomic mass is 32.2. The molecule has 2 aromatic carbocycles. The number of hydrogen-bond acceptors (Lipinski definition) is 4. The predicted molar refractivity (Wildman–Crippen MR) is 101 cm³/mol. The number of amides is 1. The second-order valence-electron chi connectivity index (χ2n) is 6.13. The number of carbonyl (C=O) groups is 1. The van der Waals surface area contributed by atoms with Crippen LogP contribution in [0.4, 0.5) is 8.78 Å². The fourth-order valence-corrected chi connectivity index (χ4v) is 4.24. The van der Waals surface area contributed by atoms with Gasteiger partial charge in [0, 0.05) is 29.7 Å². The van der Waals surface area contributed by atoms with Gasteiger partial charge in [-0.15, -0.1) is 0 Å². The monoisotopic (exact) mass is 393 g/mol. The molecule has 27 heavy (non-hydrogen) atoms. The van der Waals surface area contributed by atoms with Gasteiger partial charge in [0.05, 0.1) is 7.11 Å². The Kier molecular flexibility index (Phi) is 6.55. The van der Waals surface area contributed by atoms with Crippen LogP contribution >= 0.6 is 11.8 Å². The van der Waals surface area contributed by atoms with E-state index >= 15 is 0 Å². The zero-order chi connectivity index (χ0) is 19.2. The average molecular weight is 393 g/mol. The molecule has 0 N–H and O–H groups in total. The number of halogens is 2. The molecule has 2 aromatic rings. The molecule has 0 bridgehead atoms. The van der Waals surface area contributed by atoms with Gasteiger partial charge in [-0.25, -0.2) is 8.78 Å². The lowest BCUT2D eigenvalue weighted by Crippen LogP contribution is -2.36. The van der Waals surface area contributed by atoms with Gasteiger partial charge >= 0.3 is 0 Å². The number of nitrogens with zero attached hydrogens (tertiary/aromatic N) is 1. The lowest BCUT2D eigenvalue weighted by molar-refractivity contribution is -0.133. The summed E-state index contributed by atoms with van der Waals surface area (Å²) in [5.41, 5.74) is 0.361. The Hall–Kier alpha value is -2.28. The maximum Gasteiger partial charge on any atom is 0.260 e. The molecule has 7 heteroatoms. The molecule has 1 amide bonds. The van der Waals surface area contributed by atoms with E-state index in [1.807, 2.05) is 12.1 Å². The molecule has 0 unspecified atom stereocenters. The standard InChI is InChI=1S/C20H21F2NO3S/c1-25-17-4-2-3-5-18(17)26-13-20(24)23-9-8-19(27-11-10-23)15-12-14(21)6-7-16(15)22/h2-7,12,19H,8-11,13H2,1H3/t19-/m1/s1. The molecule has 1 aliphatic rings. The molecule has 3 rings (SSSR count). The van der Waals surface area contributed by atoms with E-state index in [1.54, 1.807) is 35.9 Å². The molecule has 1 heterocycles. The summed E-state index contributed by atoms with van der Waals surface area (Å²) >= 11 is 1.54. The highest BCUT2D eigenvalue weighted by molar-refractivity contribution is 7.99. The molecule has 1 aliphatic heterocycles. The Morgan fingerprint density at radius 2 is 1.96 bits per heavy atom. The van der Waals surface area contributed by atoms with Gasteiger partial charge in [-0.3, -0.25) is 4.79 Å². The van der Waals surface area contributed by atoms with Crippen molar-refractivity contribution in [1.29, 1.82) is 0 Å². The fraction of sp³-hybridized carbons (Fsp3) is 0.350. The van der Waals surface area contributed by atoms with Crippen LogP contribution in [0.15, 0.2) is 42.5 Å². The van der Waals surface area contributed by atoms with Crippen molar-refractivity contribution in [2.24, 2.45) is 0 Å². The van der Waals surface area contributed by atoms with E-state index in [2.05, 4.69) is 0 Å². The van der Waals surface area contributed by atoms with E-state index in [0.717, 1.165) is 12.1 Å². The van der Waals surface area contributed by atoms with Crippen LogP contribution in [0.3, 0.4) is 0 Å². The molecule has 1 atom stereocenters. The minimum atomic E-state index is -0.450. The van der Waals surface area contributed by atoms with Crippen LogP contribution < -0.4 is 9.47 Å². The number of benzene rings is 2. The van der Waals surface area contributed by atoms with Gasteiger partial charge < -0.3 is 14.4 Å². The number of carbonyl (C=O) groups excluding carboxylic acids is 1. The molecule has 1 saturated heterocycles. The molecular weight excluding hydrogens is 372 g/mol. The Labute approximate surface area is 161 Å². The third-order valence-corrected chi connectivity index (χ3v) is 5.73. The minimum absolute atomic E-state index is 0.0932.